The number of alkyl halides is 3. The van der Waals surface area contributed by atoms with E-state index < -0.39 is 12.2 Å². The van der Waals surface area contributed by atoms with Crippen molar-refractivity contribution in [3.63, 3.8) is 0 Å². The first-order valence-electron chi connectivity index (χ1n) is 7.81. The highest BCUT2D eigenvalue weighted by Gasteiger charge is 2.43. The van der Waals surface area contributed by atoms with Gasteiger partial charge in [-0.1, -0.05) is 6.92 Å². The van der Waals surface area contributed by atoms with Crippen LogP contribution in [-0.4, -0.2) is 73.9 Å². The molecular weight excluding hydrogens is 424 g/mol. The number of hydrogen-bond acceptors (Lipinski definition) is 3. The molecule has 2 unspecified atom stereocenters. The van der Waals surface area contributed by atoms with Crippen molar-refractivity contribution in [2.24, 2.45) is 16.6 Å². The molecule has 0 aromatic rings. The number of nitrogens with zero attached hydrogens (tertiary/aromatic N) is 3. The molecule has 0 aromatic carbocycles. The van der Waals surface area contributed by atoms with E-state index in [1.807, 2.05) is 4.90 Å². The summed E-state index contributed by atoms with van der Waals surface area (Å²) in [6.45, 7) is 4.52. The van der Waals surface area contributed by atoms with Crippen molar-refractivity contribution in [1.82, 2.24) is 9.80 Å². The minimum Gasteiger partial charge on any atom is -0.379 e. The van der Waals surface area contributed by atoms with Gasteiger partial charge in [0.05, 0.1) is 19.8 Å². The van der Waals surface area contributed by atoms with E-state index in [2.05, 4.69) is 11.9 Å². The number of likely N-dealkylation sites (tertiary alicyclic amines) is 1. The molecular formula is C14H26F3IN4O. The average Bonchev–Trinajstić information content (AvgIpc) is 2.47. The molecule has 23 heavy (non-hydrogen) atoms. The largest absolute Gasteiger partial charge is 0.405 e. The Labute approximate surface area is 152 Å². The van der Waals surface area contributed by atoms with Gasteiger partial charge in [0.15, 0.2) is 5.96 Å². The lowest BCUT2D eigenvalue weighted by atomic mass is 10.0. The summed E-state index contributed by atoms with van der Waals surface area (Å²) in [7, 11) is 0. The van der Waals surface area contributed by atoms with E-state index in [-0.39, 0.29) is 49.6 Å². The molecule has 2 aliphatic heterocycles. The van der Waals surface area contributed by atoms with Crippen LogP contribution in [0.5, 0.6) is 0 Å². The third-order valence-electron chi connectivity index (χ3n) is 4.27. The zero-order valence-electron chi connectivity index (χ0n) is 13.4. The average molecular weight is 450 g/mol. The maximum atomic E-state index is 13.3. The number of morpholine rings is 1. The van der Waals surface area contributed by atoms with E-state index in [1.165, 1.54) is 4.90 Å². The maximum absolute atomic E-state index is 13.3. The molecule has 2 fully saturated rings. The summed E-state index contributed by atoms with van der Waals surface area (Å²) in [5, 5.41) is 0. The maximum Gasteiger partial charge on any atom is 0.405 e. The van der Waals surface area contributed by atoms with Gasteiger partial charge in [0, 0.05) is 26.2 Å². The second kappa shape index (κ2) is 9.26. The second-order valence-electron chi connectivity index (χ2n) is 6.10. The van der Waals surface area contributed by atoms with Crippen LogP contribution in [0.4, 0.5) is 13.2 Å². The van der Waals surface area contributed by atoms with E-state index in [4.69, 9.17) is 10.5 Å². The molecule has 0 bridgehead atoms. The minimum absolute atomic E-state index is 0. The second-order valence-corrected chi connectivity index (χ2v) is 6.10. The van der Waals surface area contributed by atoms with Crippen molar-refractivity contribution in [3.05, 3.63) is 0 Å². The molecule has 2 N–H and O–H groups in total. The number of aliphatic imine (C=N–C) groups is 1. The Balaban J connectivity index is 0.00000264. The third kappa shape index (κ3) is 6.26. The summed E-state index contributed by atoms with van der Waals surface area (Å²) in [5.41, 5.74) is 5.90. The van der Waals surface area contributed by atoms with Gasteiger partial charge in [0.2, 0.25) is 0 Å². The summed E-state index contributed by atoms with van der Waals surface area (Å²) >= 11 is 0. The summed E-state index contributed by atoms with van der Waals surface area (Å²) in [6.07, 6.45) is -2.18. The van der Waals surface area contributed by atoms with Gasteiger partial charge in [0.1, 0.15) is 6.04 Å². The van der Waals surface area contributed by atoms with Crippen LogP contribution in [0, 0.1) is 5.92 Å². The molecule has 2 saturated heterocycles. The van der Waals surface area contributed by atoms with Crippen LogP contribution < -0.4 is 5.73 Å². The van der Waals surface area contributed by atoms with Gasteiger partial charge < -0.3 is 15.4 Å². The molecule has 136 valence electrons. The smallest absolute Gasteiger partial charge is 0.379 e. The fourth-order valence-corrected chi connectivity index (χ4v) is 2.99. The predicted molar refractivity (Wildman–Crippen MR) is 94.1 cm³/mol. The number of ether oxygens (including phenoxy) is 1. The fraction of sp³-hybridized carbons (Fsp3) is 0.929. The van der Waals surface area contributed by atoms with Crippen molar-refractivity contribution >= 4 is 29.9 Å². The van der Waals surface area contributed by atoms with Crippen LogP contribution in [0.3, 0.4) is 0 Å². The molecule has 2 atom stereocenters. The number of halogens is 4. The molecule has 9 heteroatoms. The Hall–Kier alpha value is -0.290. The van der Waals surface area contributed by atoms with Crippen molar-refractivity contribution < 1.29 is 17.9 Å². The molecule has 5 nitrogen and oxygen atoms in total. The normalized spacial score (nSPS) is 25.8. The van der Waals surface area contributed by atoms with Gasteiger partial charge in [0.25, 0.3) is 0 Å². The van der Waals surface area contributed by atoms with Crippen LogP contribution in [-0.2, 0) is 4.74 Å². The molecule has 0 spiro atoms. The van der Waals surface area contributed by atoms with Crippen LogP contribution in [0.2, 0.25) is 0 Å². The van der Waals surface area contributed by atoms with Gasteiger partial charge in [-0.15, -0.1) is 24.0 Å². The highest BCUT2D eigenvalue weighted by Crippen LogP contribution is 2.26. The Morgan fingerprint density at radius 3 is 2.52 bits per heavy atom. The first-order valence-corrected chi connectivity index (χ1v) is 7.81. The van der Waals surface area contributed by atoms with Crippen molar-refractivity contribution in [2.45, 2.75) is 32.0 Å². The van der Waals surface area contributed by atoms with Crippen molar-refractivity contribution in [1.29, 1.82) is 0 Å². The quantitative estimate of drug-likeness (QED) is 0.406. The van der Waals surface area contributed by atoms with E-state index >= 15 is 0 Å². The van der Waals surface area contributed by atoms with E-state index in [9.17, 15) is 13.2 Å². The molecule has 0 aliphatic carbocycles. The summed E-state index contributed by atoms with van der Waals surface area (Å²) in [6, 6.07) is -1.59. The number of rotatable bonds is 3. The first kappa shape index (κ1) is 20.8. The topological polar surface area (TPSA) is 54.1 Å². The fourth-order valence-electron chi connectivity index (χ4n) is 2.99. The Morgan fingerprint density at radius 2 is 1.96 bits per heavy atom. The van der Waals surface area contributed by atoms with Crippen molar-refractivity contribution in [3.8, 4) is 0 Å². The Kier molecular flexibility index (Phi) is 8.36. The summed E-state index contributed by atoms with van der Waals surface area (Å²) < 4.78 is 44.9. The Morgan fingerprint density at radius 1 is 1.30 bits per heavy atom. The molecule has 0 aromatic heterocycles. The monoisotopic (exact) mass is 450 g/mol. The van der Waals surface area contributed by atoms with Gasteiger partial charge in [-0.25, -0.2) is 0 Å². The van der Waals surface area contributed by atoms with Gasteiger partial charge in [-0.2, -0.15) is 13.2 Å². The zero-order chi connectivity index (χ0) is 16.2. The number of nitrogens with two attached hydrogens (primary N) is 1. The standard InChI is InChI=1S/C14H25F3N4O.HI/c1-11-3-2-4-21(10-11)13(18)19-9-12(14(15,16)17)20-5-7-22-8-6-20;/h11-12H,2-10H2,1H3,(H2,18,19);1H. The minimum atomic E-state index is -4.31. The lowest BCUT2D eigenvalue weighted by Gasteiger charge is -2.35. The Bertz CT molecular complexity index is 389. The molecule has 0 amide bonds. The van der Waals surface area contributed by atoms with Crippen LogP contribution >= 0.6 is 24.0 Å². The van der Waals surface area contributed by atoms with E-state index in [1.54, 1.807) is 0 Å². The van der Waals surface area contributed by atoms with Gasteiger partial charge >= 0.3 is 6.18 Å². The van der Waals surface area contributed by atoms with E-state index in [0.29, 0.717) is 19.1 Å². The third-order valence-corrected chi connectivity index (χ3v) is 4.27. The number of guanidine groups is 1. The predicted octanol–water partition coefficient (Wildman–Crippen LogP) is 1.91. The van der Waals surface area contributed by atoms with Crippen LogP contribution in [0.15, 0.2) is 4.99 Å². The lowest BCUT2D eigenvalue weighted by Crippen LogP contribution is -2.52. The number of piperidine rings is 1. The highest BCUT2D eigenvalue weighted by atomic mass is 127. The molecule has 0 radical (unpaired) electrons. The lowest BCUT2D eigenvalue weighted by molar-refractivity contribution is -0.188. The van der Waals surface area contributed by atoms with Gasteiger partial charge in [-0.3, -0.25) is 9.89 Å². The molecule has 2 heterocycles. The molecule has 2 rings (SSSR count). The summed E-state index contributed by atoms with van der Waals surface area (Å²) in [5.74, 6) is 0.731. The van der Waals surface area contributed by atoms with Gasteiger partial charge in [-0.05, 0) is 18.8 Å². The molecule has 2 aliphatic rings. The van der Waals surface area contributed by atoms with Crippen LogP contribution in [0.1, 0.15) is 19.8 Å². The SMILES string of the molecule is CC1CCCN(C(N)=NCC(N2CCOCC2)C(F)(F)F)C1.I. The summed E-state index contributed by atoms with van der Waals surface area (Å²) in [4.78, 5) is 7.32. The zero-order valence-corrected chi connectivity index (χ0v) is 15.7. The number of hydrogen-bond donors (Lipinski definition) is 1. The first-order chi connectivity index (χ1) is 10.4. The van der Waals surface area contributed by atoms with Crippen LogP contribution in [0.25, 0.3) is 0 Å². The highest BCUT2D eigenvalue weighted by molar-refractivity contribution is 14.0. The molecule has 0 saturated carbocycles. The van der Waals surface area contributed by atoms with Crippen molar-refractivity contribution in [2.75, 3.05) is 45.9 Å². The van der Waals surface area contributed by atoms with E-state index in [0.717, 1.165) is 25.9 Å².